The molecule has 6 heteroatoms. The number of aliphatic hydroxyl groups excluding tert-OH is 1. The lowest BCUT2D eigenvalue weighted by molar-refractivity contribution is 0.0995. The number of benzene rings is 2. The second-order valence-electron chi connectivity index (χ2n) is 6.02. The highest BCUT2D eigenvalue weighted by atomic mass is 19.1. The first-order chi connectivity index (χ1) is 13.0. The molecule has 0 saturated carbocycles. The first-order valence-electron chi connectivity index (χ1n) is 8.50. The Morgan fingerprint density at radius 3 is 2.26 bits per heavy atom. The van der Waals surface area contributed by atoms with Crippen LogP contribution in [0.25, 0.3) is 11.3 Å². The van der Waals surface area contributed by atoms with Crippen LogP contribution in [0.5, 0.6) is 11.5 Å². The van der Waals surface area contributed by atoms with Crippen LogP contribution < -0.4 is 10.5 Å². The molecule has 138 valence electrons. The van der Waals surface area contributed by atoms with Gasteiger partial charge in [-0.1, -0.05) is 0 Å². The number of primary amides is 1. The summed E-state index contributed by atoms with van der Waals surface area (Å²) in [6, 6.07) is 16.5. The number of ether oxygens (including phenoxy) is 1. The van der Waals surface area contributed by atoms with Gasteiger partial charge < -0.3 is 15.6 Å². The Hall–Kier alpha value is -3.25. The van der Waals surface area contributed by atoms with E-state index in [1.807, 2.05) is 18.2 Å². The number of carbonyl (C=O) groups is 1. The number of nitrogens with zero attached hydrogens (tertiary/aromatic N) is 1. The van der Waals surface area contributed by atoms with E-state index in [0.29, 0.717) is 30.0 Å². The number of pyridine rings is 1. The molecule has 1 aromatic heterocycles. The topological polar surface area (TPSA) is 85.4 Å². The number of carbonyl (C=O) groups excluding carboxylic acids is 1. The molecular weight excluding hydrogens is 347 g/mol. The molecule has 2 aromatic carbocycles. The van der Waals surface area contributed by atoms with Gasteiger partial charge in [-0.05, 0) is 79.1 Å². The van der Waals surface area contributed by atoms with Crippen LogP contribution in [0.3, 0.4) is 0 Å². The summed E-state index contributed by atoms with van der Waals surface area (Å²) in [5, 5.41) is 9.02. The van der Waals surface area contributed by atoms with Crippen molar-refractivity contribution in [1.29, 1.82) is 0 Å². The van der Waals surface area contributed by atoms with Crippen molar-refractivity contribution in [3.63, 3.8) is 0 Å². The van der Waals surface area contributed by atoms with Gasteiger partial charge in [0, 0.05) is 12.2 Å². The zero-order valence-electron chi connectivity index (χ0n) is 14.6. The van der Waals surface area contributed by atoms with Crippen molar-refractivity contribution < 1.29 is 19.0 Å². The summed E-state index contributed by atoms with van der Waals surface area (Å²) in [7, 11) is 0. The van der Waals surface area contributed by atoms with E-state index in [-0.39, 0.29) is 18.1 Å². The number of nitrogens with two attached hydrogens (primary N) is 1. The lowest BCUT2D eigenvalue weighted by atomic mass is 10.0. The van der Waals surface area contributed by atoms with E-state index in [0.717, 1.165) is 11.1 Å². The van der Waals surface area contributed by atoms with Gasteiger partial charge in [0.25, 0.3) is 5.91 Å². The van der Waals surface area contributed by atoms with Crippen molar-refractivity contribution in [1.82, 2.24) is 4.98 Å². The Bertz CT molecular complexity index is 925. The molecule has 1 heterocycles. The summed E-state index contributed by atoms with van der Waals surface area (Å²) in [6.45, 7) is 0.0684. The molecule has 0 unspecified atom stereocenters. The lowest BCUT2D eigenvalue weighted by Gasteiger charge is -2.09. The molecule has 27 heavy (non-hydrogen) atoms. The maximum absolute atomic E-state index is 13.0. The van der Waals surface area contributed by atoms with E-state index in [9.17, 15) is 9.18 Å². The molecule has 3 N–H and O–H groups in total. The molecule has 0 aliphatic heterocycles. The van der Waals surface area contributed by atoms with Gasteiger partial charge >= 0.3 is 0 Å². The highest BCUT2D eigenvalue weighted by molar-refractivity contribution is 5.91. The van der Waals surface area contributed by atoms with Crippen molar-refractivity contribution in [3.8, 4) is 22.8 Å². The Kier molecular flexibility index (Phi) is 5.78. The van der Waals surface area contributed by atoms with Gasteiger partial charge in [0.15, 0.2) is 0 Å². The van der Waals surface area contributed by atoms with Crippen molar-refractivity contribution >= 4 is 5.91 Å². The van der Waals surface area contributed by atoms with Gasteiger partial charge in [-0.25, -0.2) is 9.37 Å². The van der Waals surface area contributed by atoms with E-state index in [1.54, 1.807) is 30.3 Å². The van der Waals surface area contributed by atoms with E-state index >= 15 is 0 Å². The second-order valence-corrected chi connectivity index (χ2v) is 6.02. The van der Waals surface area contributed by atoms with E-state index in [2.05, 4.69) is 4.98 Å². The number of aromatic nitrogens is 1. The summed E-state index contributed by atoms with van der Waals surface area (Å²) in [4.78, 5) is 15.9. The predicted octanol–water partition coefficient (Wildman–Crippen LogP) is 3.70. The second kappa shape index (κ2) is 8.42. The van der Waals surface area contributed by atoms with E-state index < -0.39 is 5.91 Å². The highest BCUT2D eigenvalue weighted by Crippen LogP contribution is 2.26. The minimum Gasteiger partial charge on any atom is -0.457 e. The fourth-order valence-electron chi connectivity index (χ4n) is 2.62. The number of aliphatic hydroxyl groups is 1. The van der Waals surface area contributed by atoms with Crippen LogP contribution in [0.2, 0.25) is 0 Å². The predicted molar refractivity (Wildman–Crippen MR) is 100 cm³/mol. The minimum atomic E-state index is -0.599. The molecule has 5 nitrogen and oxygen atoms in total. The number of aryl methyl sites for hydroxylation is 1. The van der Waals surface area contributed by atoms with E-state index in [4.69, 9.17) is 15.6 Å². The quantitative estimate of drug-likeness (QED) is 0.668. The zero-order chi connectivity index (χ0) is 19.2. The Labute approximate surface area is 156 Å². The fourth-order valence-corrected chi connectivity index (χ4v) is 2.62. The molecule has 0 aliphatic carbocycles. The maximum Gasteiger partial charge on any atom is 0.267 e. The molecule has 0 bridgehead atoms. The first kappa shape index (κ1) is 18.5. The Morgan fingerprint density at radius 2 is 1.67 bits per heavy atom. The average molecular weight is 366 g/mol. The number of hydrogen-bond acceptors (Lipinski definition) is 4. The summed E-state index contributed by atoms with van der Waals surface area (Å²) in [5.74, 6) is 0.203. The summed E-state index contributed by atoms with van der Waals surface area (Å²) in [6.07, 6.45) is 1.21. The summed E-state index contributed by atoms with van der Waals surface area (Å²) in [5.41, 5.74) is 7.87. The SMILES string of the molecule is NC(=O)c1cc(CCCO)cc(-c2ccc(Oc3ccc(F)cc3)cc2)n1. The number of hydrogen-bond donors (Lipinski definition) is 2. The molecule has 0 saturated heterocycles. The third kappa shape index (κ3) is 4.89. The van der Waals surface area contributed by atoms with Crippen molar-refractivity contribution in [3.05, 3.63) is 77.7 Å². The monoisotopic (exact) mass is 366 g/mol. The third-order valence-electron chi connectivity index (χ3n) is 3.96. The average Bonchev–Trinajstić information content (AvgIpc) is 2.68. The van der Waals surface area contributed by atoms with Crippen molar-refractivity contribution in [2.75, 3.05) is 6.61 Å². The van der Waals surface area contributed by atoms with Gasteiger partial charge in [-0.15, -0.1) is 0 Å². The molecule has 0 fully saturated rings. The van der Waals surface area contributed by atoms with Gasteiger partial charge in [0.2, 0.25) is 0 Å². The van der Waals surface area contributed by atoms with Crippen LogP contribution in [0.1, 0.15) is 22.5 Å². The van der Waals surface area contributed by atoms with Gasteiger partial charge in [-0.3, -0.25) is 4.79 Å². The molecular formula is C21H19FN2O3. The lowest BCUT2D eigenvalue weighted by Crippen LogP contribution is -2.14. The fraction of sp³-hybridized carbons (Fsp3) is 0.143. The summed E-state index contributed by atoms with van der Waals surface area (Å²) < 4.78 is 18.6. The Morgan fingerprint density at radius 1 is 1.04 bits per heavy atom. The maximum atomic E-state index is 13.0. The normalized spacial score (nSPS) is 10.6. The molecule has 3 aromatic rings. The first-order valence-corrected chi connectivity index (χ1v) is 8.50. The highest BCUT2D eigenvalue weighted by Gasteiger charge is 2.09. The molecule has 0 atom stereocenters. The number of halogens is 1. The van der Waals surface area contributed by atoms with Gasteiger partial charge in [0.1, 0.15) is 23.0 Å². The molecule has 1 amide bonds. The van der Waals surface area contributed by atoms with Crippen LogP contribution in [0, 0.1) is 5.82 Å². The van der Waals surface area contributed by atoms with Gasteiger partial charge in [-0.2, -0.15) is 0 Å². The van der Waals surface area contributed by atoms with Crippen LogP contribution in [0.15, 0.2) is 60.7 Å². The third-order valence-corrected chi connectivity index (χ3v) is 3.96. The number of amides is 1. The Balaban J connectivity index is 1.84. The zero-order valence-corrected chi connectivity index (χ0v) is 14.6. The smallest absolute Gasteiger partial charge is 0.267 e. The van der Waals surface area contributed by atoms with Crippen LogP contribution in [0.4, 0.5) is 4.39 Å². The number of rotatable bonds is 7. The molecule has 3 rings (SSSR count). The van der Waals surface area contributed by atoms with Crippen LogP contribution in [-0.2, 0) is 6.42 Å². The minimum absolute atomic E-state index is 0.0684. The van der Waals surface area contributed by atoms with Crippen molar-refractivity contribution in [2.45, 2.75) is 12.8 Å². The molecule has 0 aliphatic rings. The summed E-state index contributed by atoms with van der Waals surface area (Å²) >= 11 is 0. The largest absolute Gasteiger partial charge is 0.457 e. The molecule has 0 radical (unpaired) electrons. The van der Waals surface area contributed by atoms with Crippen LogP contribution >= 0.6 is 0 Å². The standard InChI is InChI=1S/C21H19FN2O3/c22-16-5-9-18(10-6-16)27-17-7-3-15(4-8-17)19-12-14(2-1-11-25)13-20(24-19)21(23)26/h3-10,12-13,25H,1-2,11H2,(H2,23,26). The van der Waals surface area contributed by atoms with Gasteiger partial charge in [0.05, 0.1) is 5.69 Å². The van der Waals surface area contributed by atoms with E-state index in [1.165, 1.54) is 12.1 Å². The van der Waals surface area contributed by atoms with Crippen molar-refractivity contribution in [2.24, 2.45) is 5.73 Å². The van der Waals surface area contributed by atoms with Crippen LogP contribution in [-0.4, -0.2) is 22.6 Å². The molecule has 0 spiro atoms.